The number of aromatic nitrogens is 1. The Morgan fingerprint density at radius 1 is 1.56 bits per heavy atom. The first-order chi connectivity index (χ1) is 8.33. The fraction of sp³-hybridized carbons (Fsp3) is 0.583. The van der Waals surface area contributed by atoms with Crippen LogP contribution in [-0.4, -0.2) is 15.4 Å². The molecule has 0 aliphatic heterocycles. The Bertz CT molecular complexity index is 498. The van der Waals surface area contributed by atoms with Crippen molar-refractivity contribution in [3.05, 3.63) is 26.3 Å². The zero-order chi connectivity index (χ0) is 13.5. The van der Waals surface area contributed by atoms with Crippen molar-refractivity contribution in [2.24, 2.45) is 5.92 Å². The lowest BCUT2D eigenvalue weighted by Crippen LogP contribution is -2.33. The molecule has 2 rings (SSSR count). The van der Waals surface area contributed by atoms with Gasteiger partial charge in [-0.3, -0.25) is 10.1 Å². The first-order valence-corrected chi connectivity index (χ1v) is 6.70. The molecule has 5 nitrogen and oxygen atoms in total. The minimum atomic E-state index is -0.414. The number of nitrogens with one attached hydrogen (secondary N) is 1. The van der Waals surface area contributed by atoms with Crippen LogP contribution in [0.25, 0.3) is 0 Å². The SMILES string of the molecule is Cc1c([N+](=O)[O-])cnc(NC(C)(C)C2CC2)c1Br. The second-order valence-corrected chi connectivity index (χ2v) is 6.10. The third kappa shape index (κ3) is 2.48. The number of halogens is 1. The summed E-state index contributed by atoms with van der Waals surface area (Å²) in [7, 11) is 0. The maximum Gasteiger partial charge on any atom is 0.291 e. The predicted octanol–water partition coefficient (Wildman–Crippen LogP) is 3.66. The summed E-state index contributed by atoms with van der Waals surface area (Å²) in [4.78, 5) is 14.6. The van der Waals surface area contributed by atoms with Crippen molar-refractivity contribution in [2.45, 2.75) is 39.2 Å². The van der Waals surface area contributed by atoms with Gasteiger partial charge in [0.15, 0.2) is 0 Å². The Balaban J connectivity index is 2.29. The molecule has 1 aliphatic carbocycles. The van der Waals surface area contributed by atoms with Gasteiger partial charge in [-0.1, -0.05) is 0 Å². The van der Waals surface area contributed by atoms with Crippen LogP contribution in [0.1, 0.15) is 32.3 Å². The molecule has 0 bridgehead atoms. The van der Waals surface area contributed by atoms with Gasteiger partial charge in [-0.2, -0.15) is 0 Å². The van der Waals surface area contributed by atoms with Crippen LogP contribution in [0.3, 0.4) is 0 Å². The van der Waals surface area contributed by atoms with E-state index in [1.165, 1.54) is 19.0 Å². The molecular formula is C12H16BrN3O2. The molecule has 0 unspecified atom stereocenters. The Morgan fingerprint density at radius 2 is 2.17 bits per heavy atom. The van der Waals surface area contributed by atoms with Gasteiger partial charge in [-0.15, -0.1) is 0 Å². The van der Waals surface area contributed by atoms with Gasteiger partial charge in [-0.05, 0) is 55.5 Å². The number of anilines is 1. The zero-order valence-corrected chi connectivity index (χ0v) is 12.2. The van der Waals surface area contributed by atoms with Crippen LogP contribution in [0.15, 0.2) is 10.7 Å². The minimum absolute atomic E-state index is 0.0297. The smallest absolute Gasteiger partial charge is 0.291 e. The molecule has 1 aromatic heterocycles. The van der Waals surface area contributed by atoms with Gasteiger partial charge in [0.1, 0.15) is 12.0 Å². The van der Waals surface area contributed by atoms with E-state index in [-0.39, 0.29) is 11.2 Å². The Kier molecular flexibility index (Phi) is 3.31. The number of hydrogen-bond donors (Lipinski definition) is 1. The first kappa shape index (κ1) is 13.3. The van der Waals surface area contributed by atoms with Gasteiger partial charge < -0.3 is 5.32 Å². The lowest BCUT2D eigenvalue weighted by molar-refractivity contribution is -0.385. The molecule has 1 aliphatic rings. The van der Waals surface area contributed by atoms with E-state index >= 15 is 0 Å². The molecule has 1 N–H and O–H groups in total. The molecule has 1 fully saturated rings. The molecule has 0 aromatic carbocycles. The highest BCUT2D eigenvalue weighted by Crippen LogP contribution is 2.42. The molecule has 1 heterocycles. The summed E-state index contributed by atoms with van der Waals surface area (Å²) in [6.07, 6.45) is 3.76. The van der Waals surface area contributed by atoms with E-state index in [9.17, 15) is 10.1 Å². The van der Waals surface area contributed by atoms with E-state index < -0.39 is 4.92 Å². The quantitative estimate of drug-likeness (QED) is 0.680. The van der Waals surface area contributed by atoms with Crippen LogP contribution >= 0.6 is 15.9 Å². The van der Waals surface area contributed by atoms with E-state index in [1.807, 2.05) is 0 Å². The average Bonchev–Trinajstić information content (AvgIpc) is 3.08. The number of hydrogen-bond acceptors (Lipinski definition) is 4. The molecule has 0 radical (unpaired) electrons. The van der Waals surface area contributed by atoms with Crippen molar-refractivity contribution < 1.29 is 4.92 Å². The second kappa shape index (κ2) is 4.50. The van der Waals surface area contributed by atoms with Crippen molar-refractivity contribution >= 4 is 27.4 Å². The van der Waals surface area contributed by atoms with E-state index in [4.69, 9.17) is 0 Å². The largest absolute Gasteiger partial charge is 0.364 e. The van der Waals surface area contributed by atoms with Crippen LogP contribution in [0, 0.1) is 23.0 Å². The van der Waals surface area contributed by atoms with Crippen molar-refractivity contribution in [1.82, 2.24) is 4.98 Å². The summed E-state index contributed by atoms with van der Waals surface area (Å²) in [6, 6.07) is 0. The van der Waals surface area contributed by atoms with E-state index in [1.54, 1.807) is 6.92 Å². The summed E-state index contributed by atoms with van der Waals surface area (Å²) >= 11 is 3.39. The highest BCUT2D eigenvalue weighted by atomic mass is 79.9. The normalized spacial score (nSPS) is 15.6. The molecular weight excluding hydrogens is 298 g/mol. The second-order valence-electron chi connectivity index (χ2n) is 5.31. The number of nitrogens with zero attached hydrogens (tertiary/aromatic N) is 2. The van der Waals surface area contributed by atoms with Gasteiger partial charge in [-0.25, -0.2) is 4.98 Å². The highest BCUT2D eigenvalue weighted by Gasteiger charge is 2.38. The summed E-state index contributed by atoms with van der Waals surface area (Å²) in [6.45, 7) is 5.99. The van der Waals surface area contributed by atoms with E-state index in [2.05, 4.69) is 40.1 Å². The molecule has 1 saturated carbocycles. The number of pyridine rings is 1. The molecule has 0 spiro atoms. The van der Waals surface area contributed by atoms with Crippen molar-refractivity contribution in [1.29, 1.82) is 0 Å². The first-order valence-electron chi connectivity index (χ1n) is 5.90. The number of nitro groups is 1. The molecule has 0 saturated heterocycles. The highest BCUT2D eigenvalue weighted by molar-refractivity contribution is 9.10. The van der Waals surface area contributed by atoms with Gasteiger partial charge >= 0.3 is 0 Å². The van der Waals surface area contributed by atoms with Gasteiger partial charge in [0.05, 0.1) is 9.40 Å². The maximum absolute atomic E-state index is 10.8. The number of rotatable bonds is 4. The fourth-order valence-corrected chi connectivity index (χ4v) is 2.46. The summed E-state index contributed by atoms with van der Waals surface area (Å²) in [5.41, 5.74) is 0.610. The lowest BCUT2D eigenvalue weighted by Gasteiger charge is -2.27. The third-order valence-corrected chi connectivity index (χ3v) is 4.44. The molecule has 18 heavy (non-hydrogen) atoms. The van der Waals surface area contributed by atoms with Crippen molar-refractivity contribution in [3.63, 3.8) is 0 Å². The fourth-order valence-electron chi connectivity index (χ4n) is 2.05. The predicted molar refractivity (Wildman–Crippen MR) is 73.8 cm³/mol. The topological polar surface area (TPSA) is 68.1 Å². The van der Waals surface area contributed by atoms with Crippen molar-refractivity contribution in [3.8, 4) is 0 Å². The molecule has 1 aromatic rings. The molecule has 0 atom stereocenters. The van der Waals surface area contributed by atoms with Crippen LogP contribution in [-0.2, 0) is 0 Å². The Labute approximate surface area is 114 Å². The van der Waals surface area contributed by atoms with Gasteiger partial charge in [0.2, 0.25) is 0 Å². The lowest BCUT2D eigenvalue weighted by atomic mass is 9.99. The van der Waals surface area contributed by atoms with Gasteiger partial charge in [0.25, 0.3) is 5.69 Å². The van der Waals surface area contributed by atoms with Gasteiger partial charge in [0, 0.05) is 11.1 Å². The minimum Gasteiger partial charge on any atom is -0.364 e. The zero-order valence-electron chi connectivity index (χ0n) is 10.7. The summed E-state index contributed by atoms with van der Waals surface area (Å²) < 4.78 is 0.672. The Morgan fingerprint density at radius 3 is 2.67 bits per heavy atom. The summed E-state index contributed by atoms with van der Waals surface area (Å²) in [5.74, 6) is 1.33. The average molecular weight is 314 g/mol. The molecule has 6 heteroatoms. The van der Waals surface area contributed by atoms with Crippen LogP contribution in [0.4, 0.5) is 11.5 Å². The van der Waals surface area contributed by atoms with Crippen molar-refractivity contribution in [2.75, 3.05) is 5.32 Å². The monoisotopic (exact) mass is 313 g/mol. The maximum atomic E-state index is 10.8. The van der Waals surface area contributed by atoms with Crippen LogP contribution in [0.5, 0.6) is 0 Å². The standard InChI is InChI=1S/C12H16BrN3O2/c1-7-9(16(17)18)6-14-11(10(7)13)15-12(2,3)8-4-5-8/h6,8H,4-5H2,1-3H3,(H,14,15). The van der Waals surface area contributed by atoms with E-state index in [0.717, 1.165) is 0 Å². The van der Waals surface area contributed by atoms with E-state index in [0.29, 0.717) is 21.8 Å². The molecule has 0 amide bonds. The summed E-state index contributed by atoms with van der Waals surface area (Å²) in [5, 5.41) is 14.2. The van der Waals surface area contributed by atoms with Crippen LogP contribution < -0.4 is 5.32 Å². The molecule has 98 valence electrons. The van der Waals surface area contributed by atoms with Crippen LogP contribution in [0.2, 0.25) is 0 Å². The Hall–Kier alpha value is -1.17. The third-order valence-electron chi connectivity index (χ3n) is 3.47.